The number of nitrogens with zero attached hydrogens (tertiary/aromatic N) is 3. The van der Waals surface area contributed by atoms with E-state index in [9.17, 15) is 0 Å². The summed E-state index contributed by atoms with van der Waals surface area (Å²) in [4.78, 5) is 12.8. The van der Waals surface area contributed by atoms with Gasteiger partial charge in [-0.25, -0.2) is 9.97 Å². The molecular weight excluding hydrogens is 216 g/mol. The minimum atomic E-state index is 0.528. The van der Waals surface area contributed by atoms with E-state index in [4.69, 9.17) is 4.74 Å². The molecule has 1 aliphatic heterocycles. The molecule has 3 heterocycles. The van der Waals surface area contributed by atoms with Crippen molar-refractivity contribution in [3.8, 4) is 17.0 Å². The van der Waals surface area contributed by atoms with E-state index in [1.165, 1.54) is 0 Å². The SMILES string of the molecule is CCNc1ncc2c(n1)-c1ccncc1CO2. The van der Waals surface area contributed by atoms with Gasteiger partial charge in [-0.15, -0.1) is 0 Å². The highest BCUT2D eigenvalue weighted by Gasteiger charge is 2.19. The number of fused-ring (bicyclic) bond motifs is 3. The van der Waals surface area contributed by atoms with Gasteiger partial charge in [0.05, 0.1) is 6.20 Å². The first-order valence-corrected chi connectivity index (χ1v) is 5.55. The summed E-state index contributed by atoms with van der Waals surface area (Å²) in [7, 11) is 0. The lowest BCUT2D eigenvalue weighted by molar-refractivity contribution is 0.299. The third-order valence-electron chi connectivity index (χ3n) is 2.63. The van der Waals surface area contributed by atoms with Gasteiger partial charge in [-0.1, -0.05) is 0 Å². The number of hydrogen-bond acceptors (Lipinski definition) is 5. The molecular formula is C12H12N4O. The summed E-state index contributed by atoms with van der Waals surface area (Å²) in [5, 5.41) is 3.10. The highest BCUT2D eigenvalue weighted by molar-refractivity contribution is 5.71. The second-order valence-electron chi connectivity index (χ2n) is 3.76. The molecule has 0 aromatic carbocycles. The molecule has 5 heteroatoms. The number of aromatic nitrogens is 3. The number of hydrogen-bond donors (Lipinski definition) is 1. The minimum Gasteiger partial charge on any atom is -0.485 e. The minimum absolute atomic E-state index is 0.528. The Morgan fingerprint density at radius 1 is 1.41 bits per heavy atom. The Bertz CT molecular complexity index is 556. The first-order valence-electron chi connectivity index (χ1n) is 5.55. The summed E-state index contributed by atoms with van der Waals surface area (Å²) in [5.41, 5.74) is 2.96. The largest absolute Gasteiger partial charge is 0.485 e. The van der Waals surface area contributed by atoms with Crippen LogP contribution in [0, 0.1) is 0 Å². The summed E-state index contributed by atoms with van der Waals surface area (Å²) in [6, 6.07) is 1.96. The maximum atomic E-state index is 5.59. The Balaban J connectivity index is 2.12. The molecule has 2 aromatic rings. The quantitative estimate of drug-likeness (QED) is 0.850. The molecule has 5 nitrogen and oxygen atoms in total. The fourth-order valence-electron chi connectivity index (χ4n) is 1.84. The molecule has 1 N–H and O–H groups in total. The number of ether oxygens (including phenoxy) is 1. The number of anilines is 1. The normalized spacial score (nSPS) is 12.3. The van der Waals surface area contributed by atoms with Crippen LogP contribution in [0.4, 0.5) is 5.95 Å². The van der Waals surface area contributed by atoms with Crippen molar-refractivity contribution in [2.45, 2.75) is 13.5 Å². The lowest BCUT2D eigenvalue weighted by atomic mass is 10.1. The van der Waals surface area contributed by atoms with Gasteiger partial charge in [0.25, 0.3) is 0 Å². The third-order valence-corrected chi connectivity index (χ3v) is 2.63. The van der Waals surface area contributed by atoms with Crippen molar-refractivity contribution in [2.24, 2.45) is 0 Å². The summed E-state index contributed by atoms with van der Waals surface area (Å²) >= 11 is 0. The highest BCUT2D eigenvalue weighted by Crippen LogP contribution is 2.35. The third kappa shape index (κ3) is 1.69. The topological polar surface area (TPSA) is 59.9 Å². The van der Waals surface area contributed by atoms with Gasteiger partial charge in [-0.3, -0.25) is 4.98 Å². The van der Waals surface area contributed by atoms with Crippen molar-refractivity contribution >= 4 is 5.95 Å². The van der Waals surface area contributed by atoms with Crippen molar-refractivity contribution in [2.75, 3.05) is 11.9 Å². The first-order chi connectivity index (χ1) is 8.38. The second kappa shape index (κ2) is 4.01. The lowest BCUT2D eigenvalue weighted by Crippen LogP contribution is -2.10. The van der Waals surface area contributed by atoms with Crippen molar-refractivity contribution in [3.63, 3.8) is 0 Å². The van der Waals surface area contributed by atoms with Gasteiger partial charge >= 0.3 is 0 Å². The van der Waals surface area contributed by atoms with Crippen LogP contribution in [-0.2, 0) is 6.61 Å². The molecule has 17 heavy (non-hydrogen) atoms. The molecule has 2 aromatic heterocycles. The molecule has 0 atom stereocenters. The van der Waals surface area contributed by atoms with E-state index >= 15 is 0 Å². The Kier molecular flexibility index (Phi) is 2.36. The predicted molar refractivity (Wildman–Crippen MR) is 63.8 cm³/mol. The highest BCUT2D eigenvalue weighted by atomic mass is 16.5. The van der Waals surface area contributed by atoms with E-state index in [1.54, 1.807) is 12.4 Å². The van der Waals surface area contributed by atoms with Crippen molar-refractivity contribution in [3.05, 3.63) is 30.2 Å². The van der Waals surface area contributed by atoms with Crippen LogP contribution in [0.1, 0.15) is 12.5 Å². The number of rotatable bonds is 2. The fraction of sp³-hybridized carbons (Fsp3) is 0.250. The van der Waals surface area contributed by atoms with Gasteiger partial charge in [-0.2, -0.15) is 0 Å². The van der Waals surface area contributed by atoms with Crippen LogP contribution >= 0.6 is 0 Å². The van der Waals surface area contributed by atoms with Crippen LogP contribution < -0.4 is 10.1 Å². The molecule has 0 amide bonds. The van der Waals surface area contributed by atoms with E-state index < -0.39 is 0 Å². The molecule has 0 bridgehead atoms. The smallest absolute Gasteiger partial charge is 0.223 e. The average Bonchev–Trinajstić information content (AvgIpc) is 2.39. The van der Waals surface area contributed by atoms with Crippen LogP contribution in [0.25, 0.3) is 11.3 Å². The molecule has 0 aliphatic carbocycles. The maximum Gasteiger partial charge on any atom is 0.223 e. The van der Waals surface area contributed by atoms with E-state index in [0.717, 1.165) is 29.1 Å². The summed E-state index contributed by atoms with van der Waals surface area (Å²) in [6.45, 7) is 3.33. The zero-order chi connectivity index (χ0) is 11.7. The van der Waals surface area contributed by atoms with Crippen molar-refractivity contribution in [1.29, 1.82) is 0 Å². The number of pyridine rings is 1. The molecule has 0 saturated carbocycles. The Morgan fingerprint density at radius 3 is 3.24 bits per heavy atom. The number of nitrogens with one attached hydrogen (secondary N) is 1. The summed E-state index contributed by atoms with van der Waals surface area (Å²) < 4.78 is 5.59. The van der Waals surface area contributed by atoms with E-state index in [0.29, 0.717) is 12.6 Å². The van der Waals surface area contributed by atoms with Gasteiger partial charge < -0.3 is 10.1 Å². The zero-order valence-corrected chi connectivity index (χ0v) is 9.47. The fourth-order valence-corrected chi connectivity index (χ4v) is 1.84. The molecule has 1 aliphatic rings. The Labute approximate surface area is 98.9 Å². The van der Waals surface area contributed by atoms with Crippen molar-refractivity contribution < 1.29 is 4.74 Å². The first kappa shape index (κ1) is 10.0. The Hall–Kier alpha value is -2.17. The van der Waals surface area contributed by atoms with Gasteiger partial charge in [-0.05, 0) is 13.0 Å². The van der Waals surface area contributed by atoms with Gasteiger partial charge in [0, 0.05) is 30.1 Å². The van der Waals surface area contributed by atoms with E-state index in [-0.39, 0.29) is 0 Å². The molecule has 0 unspecified atom stereocenters. The molecule has 0 fully saturated rings. The van der Waals surface area contributed by atoms with Crippen LogP contribution in [0.3, 0.4) is 0 Å². The van der Waals surface area contributed by atoms with Gasteiger partial charge in [0.1, 0.15) is 12.3 Å². The van der Waals surface area contributed by atoms with Crippen LogP contribution in [0.5, 0.6) is 5.75 Å². The average molecular weight is 228 g/mol. The zero-order valence-electron chi connectivity index (χ0n) is 9.47. The van der Waals surface area contributed by atoms with Crippen molar-refractivity contribution in [1.82, 2.24) is 15.0 Å². The monoisotopic (exact) mass is 228 g/mol. The lowest BCUT2D eigenvalue weighted by Gasteiger charge is -2.19. The molecule has 3 rings (SSSR count). The summed E-state index contributed by atoms with van der Waals surface area (Å²) in [5.74, 6) is 1.35. The maximum absolute atomic E-state index is 5.59. The van der Waals surface area contributed by atoms with Gasteiger partial charge in [0.2, 0.25) is 5.95 Å². The molecule has 0 saturated heterocycles. The van der Waals surface area contributed by atoms with E-state index in [2.05, 4.69) is 20.3 Å². The van der Waals surface area contributed by atoms with Gasteiger partial charge in [0.15, 0.2) is 5.75 Å². The van der Waals surface area contributed by atoms with Crippen LogP contribution in [0.15, 0.2) is 24.7 Å². The molecule has 0 radical (unpaired) electrons. The molecule has 0 spiro atoms. The molecule has 86 valence electrons. The summed E-state index contributed by atoms with van der Waals surface area (Å²) in [6.07, 6.45) is 5.29. The van der Waals surface area contributed by atoms with E-state index in [1.807, 2.05) is 19.2 Å². The second-order valence-corrected chi connectivity index (χ2v) is 3.76. The van der Waals surface area contributed by atoms with Crippen LogP contribution in [-0.4, -0.2) is 21.5 Å². The standard InChI is InChI=1S/C12H12N4O/c1-2-14-12-15-6-10-11(16-12)9-3-4-13-5-8(9)7-17-10/h3-6H,2,7H2,1H3,(H,14,15,16). The van der Waals surface area contributed by atoms with Crippen LogP contribution in [0.2, 0.25) is 0 Å². The predicted octanol–water partition coefficient (Wildman–Crippen LogP) is 1.86. The Morgan fingerprint density at radius 2 is 2.35 bits per heavy atom.